The third kappa shape index (κ3) is 3.38. The molecule has 1 aromatic rings. The van der Waals surface area contributed by atoms with Gasteiger partial charge in [-0.3, -0.25) is 9.69 Å². The van der Waals surface area contributed by atoms with Crippen LogP contribution in [-0.2, 0) is 19.0 Å². The van der Waals surface area contributed by atoms with E-state index in [0.29, 0.717) is 43.6 Å². The second kappa shape index (κ2) is 9.23. The van der Waals surface area contributed by atoms with Crippen LogP contribution in [0.5, 0.6) is 0 Å². The minimum atomic E-state index is -1.30. The van der Waals surface area contributed by atoms with Crippen molar-refractivity contribution in [3.63, 3.8) is 0 Å². The van der Waals surface area contributed by atoms with E-state index in [0.717, 1.165) is 6.42 Å². The minimum absolute atomic E-state index is 0.0273. The quantitative estimate of drug-likeness (QED) is 0.439. The number of ether oxygens (including phenoxy) is 3. The van der Waals surface area contributed by atoms with Crippen molar-refractivity contribution >= 4 is 17.6 Å². The Labute approximate surface area is 236 Å². The SMILES string of the molecule is CCN1C[C@@](C)(OC(=O)c2ccccc2NC(C)=O)[C@H]2CC3[C@H]1C2([C@H](C)OC)[C@@H]1C[C@H]2C[C@]1(O)[C@]3(O)C[C@@H]2OC. The molecule has 1 heterocycles. The minimum Gasteiger partial charge on any atom is -0.454 e. The summed E-state index contributed by atoms with van der Waals surface area (Å²) >= 11 is 0. The third-order valence-electron chi connectivity index (χ3n) is 11.9. The smallest absolute Gasteiger partial charge is 0.340 e. The van der Waals surface area contributed by atoms with Crippen LogP contribution < -0.4 is 5.32 Å². The highest BCUT2D eigenvalue weighted by Gasteiger charge is 2.85. The first-order valence-electron chi connectivity index (χ1n) is 14.8. The van der Waals surface area contributed by atoms with E-state index in [4.69, 9.17) is 14.2 Å². The summed E-state index contributed by atoms with van der Waals surface area (Å²) in [7, 11) is 3.42. The molecule has 0 aromatic heterocycles. The van der Waals surface area contributed by atoms with Gasteiger partial charge in [0.05, 0.1) is 29.1 Å². The van der Waals surface area contributed by atoms with Crippen LogP contribution >= 0.6 is 0 Å². The zero-order chi connectivity index (χ0) is 28.8. The van der Waals surface area contributed by atoms with Gasteiger partial charge >= 0.3 is 5.97 Å². The molecular weight excluding hydrogens is 512 g/mol. The van der Waals surface area contributed by atoms with Crippen molar-refractivity contribution in [2.24, 2.45) is 29.1 Å². The Kier molecular flexibility index (Phi) is 6.48. The summed E-state index contributed by atoms with van der Waals surface area (Å²) in [5, 5.41) is 27.8. The van der Waals surface area contributed by atoms with Crippen LogP contribution in [0.4, 0.5) is 5.69 Å². The van der Waals surface area contributed by atoms with Crippen molar-refractivity contribution in [2.45, 2.75) is 88.4 Å². The molecule has 3 N–H and O–H groups in total. The van der Waals surface area contributed by atoms with Crippen LogP contribution in [0.15, 0.2) is 24.3 Å². The molecule has 4 aliphatic carbocycles. The number of hydrogen-bond donors (Lipinski definition) is 3. The maximum Gasteiger partial charge on any atom is 0.340 e. The molecule has 5 aliphatic rings. The number of carbonyl (C=O) groups is 2. The lowest BCUT2D eigenvalue weighted by Gasteiger charge is -2.67. The average Bonchev–Trinajstić information content (AvgIpc) is 3.40. The molecule has 1 amide bonds. The molecule has 2 unspecified atom stereocenters. The summed E-state index contributed by atoms with van der Waals surface area (Å²) in [5.74, 6) is -1.22. The van der Waals surface area contributed by atoms with Crippen molar-refractivity contribution < 1.29 is 34.0 Å². The van der Waals surface area contributed by atoms with Crippen LogP contribution in [0.3, 0.4) is 0 Å². The third-order valence-corrected chi connectivity index (χ3v) is 11.9. The van der Waals surface area contributed by atoms with Gasteiger partial charge in [-0.25, -0.2) is 4.79 Å². The Hall–Kier alpha value is -2.04. The molecule has 1 aliphatic heterocycles. The summed E-state index contributed by atoms with van der Waals surface area (Å²) < 4.78 is 18.6. The lowest BCUT2D eigenvalue weighted by atomic mass is 9.46. The van der Waals surface area contributed by atoms with E-state index in [1.807, 2.05) is 6.92 Å². The Bertz CT molecular complexity index is 1210. The standard InChI is InChI=1S/C31H44N2O7/c1-7-33-16-28(4,40-27(35)20-10-8-9-11-22(20)32-18(3)34)24-13-21-26(33)31(24,17(2)38-5)25-12-19-14-30(25,37)29(21,36)15-23(19)39-6/h8-11,17,19,21,23-26,36-37H,7,12-16H2,1-6H3,(H,32,34)/t17-,19-,21?,23-,24+,25+,26-,28+,29-,30+,31?/m0/s1. The highest BCUT2D eigenvalue weighted by molar-refractivity contribution is 6.00. The van der Waals surface area contributed by atoms with Gasteiger partial charge in [-0.15, -0.1) is 0 Å². The predicted octanol–water partition coefficient (Wildman–Crippen LogP) is 2.84. The van der Waals surface area contributed by atoms with Crippen LogP contribution in [0.25, 0.3) is 0 Å². The first-order valence-corrected chi connectivity index (χ1v) is 14.8. The number of amides is 1. The van der Waals surface area contributed by atoms with E-state index in [9.17, 15) is 19.8 Å². The van der Waals surface area contributed by atoms with Crippen LogP contribution in [0, 0.1) is 29.1 Å². The maximum atomic E-state index is 13.9. The molecule has 40 heavy (non-hydrogen) atoms. The number of esters is 1. The second-order valence-corrected chi connectivity index (χ2v) is 13.3. The number of aliphatic hydroxyl groups is 2. The molecule has 1 aromatic carbocycles. The van der Waals surface area contributed by atoms with E-state index < -0.39 is 28.2 Å². The number of anilines is 1. The largest absolute Gasteiger partial charge is 0.454 e. The van der Waals surface area contributed by atoms with E-state index in [2.05, 4.69) is 24.1 Å². The number of para-hydroxylation sites is 1. The molecule has 220 valence electrons. The van der Waals surface area contributed by atoms with Crippen LogP contribution in [0.2, 0.25) is 0 Å². The van der Waals surface area contributed by atoms with Crippen molar-refractivity contribution in [3.8, 4) is 0 Å². The lowest BCUT2D eigenvalue weighted by molar-refractivity contribution is -0.304. The zero-order valence-electron chi connectivity index (χ0n) is 24.5. The van der Waals surface area contributed by atoms with Gasteiger partial charge < -0.3 is 29.7 Å². The number of likely N-dealkylation sites (tertiary alicyclic amines) is 1. The Morgan fingerprint density at radius 3 is 2.50 bits per heavy atom. The number of hydrogen-bond acceptors (Lipinski definition) is 8. The first kappa shape index (κ1) is 28.1. The van der Waals surface area contributed by atoms with E-state index in [1.165, 1.54) is 6.92 Å². The van der Waals surface area contributed by atoms with Crippen molar-refractivity contribution in [3.05, 3.63) is 29.8 Å². The zero-order valence-corrected chi connectivity index (χ0v) is 24.5. The number of rotatable bonds is 7. The number of likely N-dealkylation sites (N-methyl/N-ethyl adjacent to an activating group) is 1. The summed E-state index contributed by atoms with van der Waals surface area (Å²) in [5.41, 5.74) is -3.30. The highest BCUT2D eigenvalue weighted by atomic mass is 16.6. The predicted molar refractivity (Wildman–Crippen MR) is 148 cm³/mol. The monoisotopic (exact) mass is 556 g/mol. The van der Waals surface area contributed by atoms with Gasteiger partial charge in [-0.2, -0.15) is 0 Å². The summed E-state index contributed by atoms with van der Waals surface area (Å²) in [4.78, 5) is 28.0. The van der Waals surface area contributed by atoms with Gasteiger partial charge in [-0.1, -0.05) is 19.1 Å². The lowest BCUT2D eigenvalue weighted by Crippen LogP contribution is -2.79. The molecule has 1 saturated heterocycles. The number of nitrogens with zero attached hydrogens (tertiary/aromatic N) is 1. The topological polar surface area (TPSA) is 118 Å². The summed E-state index contributed by atoms with van der Waals surface area (Å²) in [6.07, 6.45) is 1.91. The Morgan fingerprint density at radius 2 is 1.85 bits per heavy atom. The molecule has 0 spiro atoms. The fourth-order valence-corrected chi connectivity index (χ4v) is 10.6. The number of fused-ring (bicyclic) bond motifs is 2. The van der Waals surface area contributed by atoms with Gasteiger partial charge in [0.25, 0.3) is 0 Å². The summed E-state index contributed by atoms with van der Waals surface area (Å²) in [6, 6.07) is 6.87. The number of benzene rings is 1. The Balaban J connectivity index is 1.47. The molecule has 4 saturated carbocycles. The molecule has 11 atom stereocenters. The average molecular weight is 557 g/mol. The van der Waals surface area contributed by atoms with Crippen LogP contribution in [-0.4, -0.2) is 89.4 Å². The van der Waals surface area contributed by atoms with Gasteiger partial charge in [0.2, 0.25) is 5.91 Å². The fraction of sp³-hybridized carbons (Fsp3) is 0.742. The highest BCUT2D eigenvalue weighted by Crippen LogP contribution is 2.77. The fourth-order valence-electron chi connectivity index (χ4n) is 10.6. The van der Waals surface area contributed by atoms with Gasteiger partial charge in [-0.05, 0) is 57.7 Å². The molecular formula is C31H44N2O7. The van der Waals surface area contributed by atoms with E-state index >= 15 is 0 Å². The number of methoxy groups -OCH3 is 2. The van der Waals surface area contributed by atoms with Crippen LogP contribution in [0.1, 0.15) is 63.7 Å². The Morgan fingerprint density at radius 1 is 1.12 bits per heavy atom. The number of carbonyl (C=O) groups excluding carboxylic acids is 2. The molecule has 6 rings (SSSR count). The first-order chi connectivity index (χ1) is 18.9. The van der Waals surface area contributed by atoms with Crippen molar-refractivity contribution in [2.75, 3.05) is 32.6 Å². The van der Waals surface area contributed by atoms with E-state index in [-0.39, 0.29) is 47.8 Å². The number of nitrogens with one attached hydrogen (secondary N) is 1. The molecule has 9 heteroatoms. The van der Waals surface area contributed by atoms with Gasteiger partial charge in [0, 0.05) is 63.3 Å². The molecule has 6 bridgehead atoms. The normalized spacial score (nSPS) is 45.7. The molecule has 9 nitrogen and oxygen atoms in total. The summed E-state index contributed by atoms with van der Waals surface area (Å²) in [6.45, 7) is 8.83. The van der Waals surface area contributed by atoms with Crippen molar-refractivity contribution in [1.82, 2.24) is 4.90 Å². The van der Waals surface area contributed by atoms with Crippen molar-refractivity contribution in [1.29, 1.82) is 0 Å². The molecule has 5 fully saturated rings. The van der Waals surface area contributed by atoms with Gasteiger partial charge in [0.15, 0.2) is 0 Å². The number of piperidine rings is 1. The molecule has 0 radical (unpaired) electrons. The second-order valence-electron chi connectivity index (χ2n) is 13.3. The van der Waals surface area contributed by atoms with E-state index in [1.54, 1.807) is 38.5 Å². The maximum absolute atomic E-state index is 13.9. The van der Waals surface area contributed by atoms with Gasteiger partial charge in [0.1, 0.15) is 11.2 Å².